The van der Waals surface area contributed by atoms with E-state index in [4.69, 9.17) is 0 Å². The zero-order valence-corrected chi connectivity index (χ0v) is 14.2. The summed E-state index contributed by atoms with van der Waals surface area (Å²) in [5, 5.41) is 1.58. The van der Waals surface area contributed by atoms with Gasteiger partial charge in [0, 0.05) is 0 Å². The number of fused-ring (bicyclic) bond motifs is 1. The summed E-state index contributed by atoms with van der Waals surface area (Å²) in [6, 6.07) is 10.0. The van der Waals surface area contributed by atoms with E-state index < -0.39 is 11.7 Å². The summed E-state index contributed by atoms with van der Waals surface area (Å²) in [5.74, 6) is 1.44. The van der Waals surface area contributed by atoms with Crippen LogP contribution in [-0.4, -0.2) is 0 Å². The molecule has 0 bridgehead atoms. The van der Waals surface area contributed by atoms with Gasteiger partial charge in [-0.2, -0.15) is 13.2 Å². The van der Waals surface area contributed by atoms with E-state index in [1.807, 2.05) is 12.1 Å². The van der Waals surface area contributed by atoms with E-state index in [2.05, 4.69) is 13.0 Å². The normalized spacial score (nSPS) is 22.0. The summed E-state index contributed by atoms with van der Waals surface area (Å²) in [6.45, 7) is 2.24. The largest absolute Gasteiger partial charge is 0.416 e. The molecule has 1 fully saturated rings. The molecule has 1 aliphatic carbocycles. The Kier molecular flexibility index (Phi) is 5.17. The molecule has 3 heteroatoms. The summed E-state index contributed by atoms with van der Waals surface area (Å²) < 4.78 is 38.4. The maximum atomic E-state index is 12.8. The summed E-state index contributed by atoms with van der Waals surface area (Å²) >= 11 is 0. The fourth-order valence-electron chi connectivity index (χ4n) is 3.97. The number of hydrogen-bond donors (Lipinski definition) is 0. The van der Waals surface area contributed by atoms with Gasteiger partial charge in [-0.3, -0.25) is 0 Å². The van der Waals surface area contributed by atoms with Gasteiger partial charge in [0.1, 0.15) is 0 Å². The molecule has 0 radical (unpaired) electrons. The lowest BCUT2D eigenvalue weighted by atomic mass is 9.77. The van der Waals surface area contributed by atoms with Gasteiger partial charge in [0.25, 0.3) is 0 Å². The van der Waals surface area contributed by atoms with E-state index in [1.54, 1.807) is 6.07 Å². The Morgan fingerprint density at radius 2 is 1.58 bits per heavy atom. The maximum Gasteiger partial charge on any atom is 0.416 e. The van der Waals surface area contributed by atoms with Gasteiger partial charge < -0.3 is 0 Å². The third-order valence-electron chi connectivity index (χ3n) is 5.48. The van der Waals surface area contributed by atoms with Crippen LogP contribution in [0, 0.1) is 5.92 Å². The Bertz CT molecular complexity index is 679. The minimum absolute atomic E-state index is 0.564. The number of halogens is 3. The Labute approximate surface area is 142 Å². The first kappa shape index (κ1) is 17.3. The SMILES string of the molecule is CCCC[C@H]1CC[C@H](c2ccc3cc(C(F)(F)F)ccc3c2)CC1. The van der Waals surface area contributed by atoms with Gasteiger partial charge in [-0.05, 0) is 66.0 Å². The van der Waals surface area contributed by atoms with Gasteiger partial charge in [-0.1, -0.05) is 50.5 Å². The van der Waals surface area contributed by atoms with E-state index in [-0.39, 0.29) is 0 Å². The molecule has 2 aromatic rings. The average molecular weight is 334 g/mol. The minimum atomic E-state index is -4.27. The van der Waals surface area contributed by atoms with Crippen molar-refractivity contribution >= 4 is 10.8 Å². The number of benzene rings is 2. The van der Waals surface area contributed by atoms with Crippen molar-refractivity contribution in [3.8, 4) is 0 Å². The zero-order chi connectivity index (χ0) is 17.2. The molecule has 1 aliphatic rings. The Hall–Kier alpha value is -1.51. The molecule has 0 heterocycles. The third-order valence-corrected chi connectivity index (χ3v) is 5.48. The lowest BCUT2D eigenvalue weighted by Gasteiger charge is -2.29. The van der Waals surface area contributed by atoms with Gasteiger partial charge in [-0.25, -0.2) is 0 Å². The summed E-state index contributed by atoms with van der Waals surface area (Å²) in [6.07, 6.45) is 4.66. The second-order valence-electron chi connectivity index (χ2n) is 7.18. The van der Waals surface area contributed by atoms with Crippen LogP contribution in [0.4, 0.5) is 13.2 Å². The summed E-state index contributed by atoms with van der Waals surface area (Å²) in [4.78, 5) is 0. The molecule has 3 rings (SSSR count). The van der Waals surface area contributed by atoms with Crippen LogP contribution in [0.2, 0.25) is 0 Å². The third kappa shape index (κ3) is 3.93. The smallest absolute Gasteiger partial charge is 0.166 e. The van der Waals surface area contributed by atoms with Crippen LogP contribution in [0.1, 0.15) is 68.9 Å². The van der Waals surface area contributed by atoms with Gasteiger partial charge in [0.2, 0.25) is 0 Å². The lowest BCUT2D eigenvalue weighted by Crippen LogP contribution is -2.13. The van der Waals surface area contributed by atoms with Crippen LogP contribution >= 0.6 is 0 Å². The standard InChI is InChI=1S/C21H25F3/c1-2-3-4-15-5-7-16(8-6-15)17-9-10-19-14-20(21(22,23)24)12-11-18(19)13-17/h9-16H,2-8H2,1H3/t15-,16-. The first-order valence-electron chi connectivity index (χ1n) is 9.08. The molecule has 2 aromatic carbocycles. The van der Waals surface area contributed by atoms with Crippen molar-refractivity contribution in [2.45, 2.75) is 64.0 Å². The first-order valence-corrected chi connectivity index (χ1v) is 9.08. The molecule has 0 unspecified atom stereocenters. The first-order chi connectivity index (χ1) is 11.5. The van der Waals surface area contributed by atoms with Crippen LogP contribution in [0.25, 0.3) is 10.8 Å². The minimum Gasteiger partial charge on any atom is -0.166 e. The number of unbranched alkanes of at least 4 members (excludes halogenated alkanes) is 1. The van der Waals surface area contributed by atoms with Crippen molar-refractivity contribution < 1.29 is 13.2 Å². The maximum absolute atomic E-state index is 12.8. The quantitative estimate of drug-likeness (QED) is 0.549. The second kappa shape index (κ2) is 7.16. The molecule has 130 valence electrons. The highest BCUT2D eigenvalue weighted by atomic mass is 19.4. The highest BCUT2D eigenvalue weighted by molar-refractivity contribution is 5.84. The molecule has 0 spiro atoms. The predicted octanol–water partition coefficient (Wildman–Crippen LogP) is 7.32. The fraction of sp³-hybridized carbons (Fsp3) is 0.524. The molecule has 24 heavy (non-hydrogen) atoms. The van der Waals surface area contributed by atoms with Crippen LogP contribution < -0.4 is 0 Å². The van der Waals surface area contributed by atoms with Crippen LogP contribution in [0.5, 0.6) is 0 Å². The number of rotatable bonds is 4. The summed E-state index contributed by atoms with van der Waals surface area (Å²) in [5.41, 5.74) is 0.718. The van der Waals surface area contributed by atoms with Crippen molar-refractivity contribution in [3.63, 3.8) is 0 Å². The number of alkyl halides is 3. The Morgan fingerprint density at radius 3 is 2.25 bits per heavy atom. The van der Waals surface area contributed by atoms with Crippen LogP contribution in [-0.2, 0) is 6.18 Å². The lowest BCUT2D eigenvalue weighted by molar-refractivity contribution is -0.137. The monoisotopic (exact) mass is 334 g/mol. The van der Waals surface area contributed by atoms with Crippen molar-refractivity contribution in [2.24, 2.45) is 5.92 Å². The Morgan fingerprint density at radius 1 is 0.917 bits per heavy atom. The summed E-state index contributed by atoms with van der Waals surface area (Å²) in [7, 11) is 0. The zero-order valence-electron chi connectivity index (χ0n) is 14.2. The van der Waals surface area contributed by atoms with Crippen molar-refractivity contribution in [2.75, 3.05) is 0 Å². The predicted molar refractivity (Wildman–Crippen MR) is 93.2 cm³/mol. The van der Waals surface area contributed by atoms with Gasteiger partial charge in [-0.15, -0.1) is 0 Å². The molecule has 1 saturated carbocycles. The fourth-order valence-corrected chi connectivity index (χ4v) is 3.97. The van der Waals surface area contributed by atoms with Crippen LogP contribution in [0.15, 0.2) is 36.4 Å². The Balaban J connectivity index is 1.72. The molecule has 0 aliphatic heterocycles. The molecule has 0 atom stereocenters. The van der Waals surface area contributed by atoms with Gasteiger partial charge in [0.15, 0.2) is 0 Å². The van der Waals surface area contributed by atoms with E-state index in [0.29, 0.717) is 11.3 Å². The van der Waals surface area contributed by atoms with Crippen molar-refractivity contribution in [1.29, 1.82) is 0 Å². The molecular weight excluding hydrogens is 309 g/mol. The molecular formula is C21H25F3. The molecule has 0 aromatic heterocycles. The van der Waals surface area contributed by atoms with Crippen molar-refractivity contribution in [1.82, 2.24) is 0 Å². The van der Waals surface area contributed by atoms with E-state index >= 15 is 0 Å². The molecule has 0 saturated heterocycles. The average Bonchev–Trinajstić information content (AvgIpc) is 2.58. The van der Waals surface area contributed by atoms with E-state index in [0.717, 1.165) is 11.3 Å². The van der Waals surface area contributed by atoms with E-state index in [1.165, 1.54) is 62.6 Å². The van der Waals surface area contributed by atoms with Gasteiger partial charge in [0.05, 0.1) is 5.56 Å². The second-order valence-corrected chi connectivity index (χ2v) is 7.18. The highest BCUT2D eigenvalue weighted by Gasteiger charge is 2.30. The molecule has 0 amide bonds. The van der Waals surface area contributed by atoms with E-state index in [9.17, 15) is 13.2 Å². The topological polar surface area (TPSA) is 0 Å². The highest BCUT2D eigenvalue weighted by Crippen LogP contribution is 2.39. The van der Waals surface area contributed by atoms with Gasteiger partial charge >= 0.3 is 6.18 Å². The molecule has 0 N–H and O–H groups in total. The number of hydrogen-bond acceptors (Lipinski definition) is 0. The van der Waals surface area contributed by atoms with Crippen LogP contribution in [0.3, 0.4) is 0 Å². The van der Waals surface area contributed by atoms with Crippen molar-refractivity contribution in [3.05, 3.63) is 47.5 Å². The molecule has 0 nitrogen and oxygen atoms in total.